The smallest absolute Gasteiger partial charge is 0.324 e. The van der Waals surface area contributed by atoms with Crippen LogP contribution >= 0.6 is 7.60 Å². The van der Waals surface area contributed by atoms with Crippen LogP contribution in [0.3, 0.4) is 0 Å². The van der Waals surface area contributed by atoms with Gasteiger partial charge in [-0.3, -0.25) is 18.9 Å². The van der Waals surface area contributed by atoms with Crippen molar-refractivity contribution >= 4 is 7.60 Å². The molecule has 0 bridgehead atoms. The Bertz CT molecular complexity index is 879. The van der Waals surface area contributed by atoms with Crippen molar-refractivity contribution in [3.8, 4) is 11.1 Å². The number of aromatic nitrogens is 2. The first-order valence-electron chi connectivity index (χ1n) is 6.55. The molecule has 0 fully saturated rings. The molecular weight excluding hydrogens is 326 g/mol. The largest absolute Gasteiger partial charge is 0.329 e. The maximum absolute atomic E-state index is 12.9. The zero-order chi connectivity index (χ0) is 17.0. The highest BCUT2D eigenvalue weighted by Crippen LogP contribution is 2.33. The van der Waals surface area contributed by atoms with Crippen LogP contribution in [-0.4, -0.2) is 25.5 Å². The third-order valence-electron chi connectivity index (χ3n) is 2.98. The lowest BCUT2D eigenvalue weighted by atomic mass is 10.1. The molecule has 7 nitrogen and oxygen atoms in total. The molecule has 0 saturated heterocycles. The van der Waals surface area contributed by atoms with E-state index in [4.69, 9.17) is 9.79 Å². The van der Waals surface area contributed by atoms with Gasteiger partial charge < -0.3 is 9.79 Å². The average Bonchev–Trinajstić information content (AvgIpc) is 2.45. The Hall–Kier alpha value is -2.28. The summed E-state index contributed by atoms with van der Waals surface area (Å²) in [5.41, 5.74) is -0.618. The third kappa shape index (κ3) is 4.85. The van der Waals surface area contributed by atoms with Crippen molar-refractivity contribution in [2.75, 3.05) is 6.16 Å². The molecule has 0 saturated carbocycles. The van der Waals surface area contributed by atoms with E-state index in [9.17, 15) is 18.5 Å². The maximum Gasteiger partial charge on any atom is 0.329 e. The van der Waals surface area contributed by atoms with E-state index in [1.165, 1.54) is 47.2 Å². The standard InChI is InChI=1S/C14H14FN2O5P/c15-11-5-3-10(4-6-11)12-9-17(14(19)16-13(12)18)7-1-2-8-23(20,21)22/h1-6,9H,7-8H2,(H,16,18,19)(H2,20,21,22)/b2-1+. The van der Waals surface area contributed by atoms with E-state index in [2.05, 4.69) is 4.98 Å². The number of nitrogens with zero attached hydrogens (tertiary/aromatic N) is 1. The van der Waals surface area contributed by atoms with Crippen LogP contribution in [-0.2, 0) is 11.1 Å². The maximum atomic E-state index is 12.9. The fourth-order valence-corrected chi connectivity index (χ4v) is 2.30. The molecule has 3 N–H and O–H groups in total. The van der Waals surface area contributed by atoms with Gasteiger partial charge in [-0.15, -0.1) is 0 Å². The lowest BCUT2D eigenvalue weighted by molar-refractivity contribution is 0.377. The molecule has 0 spiro atoms. The molecule has 0 unspecified atom stereocenters. The number of aromatic amines is 1. The van der Waals surface area contributed by atoms with E-state index in [1.54, 1.807) is 0 Å². The van der Waals surface area contributed by atoms with Gasteiger partial charge in [-0.05, 0) is 17.7 Å². The van der Waals surface area contributed by atoms with Crippen LogP contribution in [0.1, 0.15) is 0 Å². The van der Waals surface area contributed by atoms with Gasteiger partial charge in [-0.2, -0.15) is 0 Å². The summed E-state index contributed by atoms with van der Waals surface area (Å²) in [5, 5.41) is 0. The van der Waals surface area contributed by atoms with Crippen LogP contribution in [0, 0.1) is 5.82 Å². The number of hydrogen-bond acceptors (Lipinski definition) is 3. The minimum atomic E-state index is -4.14. The van der Waals surface area contributed by atoms with E-state index < -0.39 is 30.8 Å². The summed E-state index contributed by atoms with van der Waals surface area (Å²) in [5.74, 6) is -0.445. The highest BCUT2D eigenvalue weighted by Gasteiger charge is 2.09. The summed E-state index contributed by atoms with van der Waals surface area (Å²) in [6, 6.07) is 5.23. The Morgan fingerprint density at radius 3 is 2.43 bits per heavy atom. The first-order chi connectivity index (χ1) is 10.8. The number of rotatable bonds is 5. The van der Waals surface area contributed by atoms with Crippen molar-refractivity contribution in [2.45, 2.75) is 6.54 Å². The SMILES string of the molecule is O=c1[nH]c(=O)n(C/C=C/CP(=O)(O)O)cc1-c1ccc(F)cc1. The molecule has 0 amide bonds. The molecule has 0 aliphatic rings. The summed E-state index contributed by atoms with van der Waals surface area (Å²) in [6.45, 7) is 0.0316. The lowest BCUT2D eigenvalue weighted by Crippen LogP contribution is -2.30. The fourth-order valence-electron chi connectivity index (χ4n) is 1.88. The van der Waals surface area contributed by atoms with Gasteiger partial charge in [0.25, 0.3) is 5.56 Å². The highest BCUT2D eigenvalue weighted by molar-refractivity contribution is 7.51. The van der Waals surface area contributed by atoms with Gasteiger partial charge in [-0.1, -0.05) is 24.3 Å². The molecule has 2 aromatic rings. The highest BCUT2D eigenvalue weighted by atomic mass is 31.2. The second kappa shape index (κ2) is 6.87. The minimum Gasteiger partial charge on any atom is -0.324 e. The van der Waals surface area contributed by atoms with E-state index in [-0.39, 0.29) is 12.1 Å². The summed E-state index contributed by atoms with van der Waals surface area (Å²) in [7, 11) is -4.14. The topological polar surface area (TPSA) is 112 Å². The molecule has 0 aliphatic heterocycles. The fraction of sp³-hybridized carbons (Fsp3) is 0.143. The van der Waals surface area contributed by atoms with Crippen LogP contribution in [0.4, 0.5) is 4.39 Å². The molecule has 0 atom stereocenters. The van der Waals surface area contributed by atoms with Gasteiger partial charge in [0.15, 0.2) is 0 Å². The lowest BCUT2D eigenvalue weighted by Gasteiger charge is -2.06. The van der Waals surface area contributed by atoms with Crippen molar-refractivity contribution in [3.63, 3.8) is 0 Å². The molecule has 1 heterocycles. The number of hydrogen-bond donors (Lipinski definition) is 3. The van der Waals surface area contributed by atoms with Gasteiger partial charge in [0.1, 0.15) is 5.82 Å². The van der Waals surface area contributed by atoms with Crippen molar-refractivity contribution in [3.05, 3.63) is 69.3 Å². The van der Waals surface area contributed by atoms with Gasteiger partial charge in [-0.25, -0.2) is 9.18 Å². The summed E-state index contributed by atoms with van der Waals surface area (Å²) in [6.07, 6.45) is 3.55. The van der Waals surface area contributed by atoms with Crippen molar-refractivity contribution < 1.29 is 18.7 Å². The molecule has 1 aromatic carbocycles. The number of allylic oxidation sites excluding steroid dienone is 2. The van der Waals surface area contributed by atoms with Gasteiger partial charge >= 0.3 is 13.3 Å². The molecular formula is C14H14FN2O5P. The number of H-pyrrole nitrogens is 1. The van der Waals surface area contributed by atoms with Crippen LogP contribution in [0.25, 0.3) is 11.1 Å². The first kappa shape index (κ1) is 17.1. The second-order valence-electron chi connectivity index (χ2n) is 4.78. The van der Waals surface area contributed by atoms with Crippen LogP contribution in [0.5, 0.6) is 0 Å². The molecule has 2 rings (SSSR count). The van der Waals surface area contributed by atoms with Gasteiger partial charge in [0.05, 0.1) is 11.7 Å². The Morgan fingerprint density at radius 2 is 1.83 bits per heavy atom. The van der Waals surface area contributed by atoms with Gasteiger partial charge in [0.2, 0.25) is 0 Å². The molecule has 122 valence electrons. The van der Waals surface area contributed by atoms with E-state index in [0.29, 0.717) is 5.56 Å². The molecule has 23 heavy (non-hydrogen) atoms. The predicted octanol–water partition coefficient (Wildman–Crippen LogP) is 1.08. The third-order valence-corrected chi connectivity index (χ3v) is 3.66. The van der Waals surface area contributed by atoms with Crippen LogP contribution < -0.4 is 11.2 Å². The Labute approximate surface area is 129 Å². The number of benzene rings is 1. The zero-order valence-electron chi connectivity index (χ0n) is 11.8. The van der Waals surface area contributed by atoms with Crippen molar-refractivity contribution in [1.82, 2.24) is 9.55 Å². The summed E-state index contributed by atoms with van der Waals surface area (Å²) >= 11 is 0. The first-order valence-corrected chi connectivity index (χ1v) is 8.35. The Balaban J connectivity index is 2.30. The van der Waals surface area contributed by atoms with E-state index in [1.807, 2.05) is 0 Å². The molecule has 9 heteroatoms. The quantitative estimate of drug-likeness (QED) is 0.557. The number of halogens is 1. The van der Waals surface area contributed by atoms with Crippen LogP contribution in [0.2, 0.25) is 0 Å². The molecule has 0 radical (unpaired) electrons. The van der Waals surface area contributed by atoms with Crippen LogP contribution in [0.15, 0.2) is 52.2 Å². The monoisotopic (exact) mass is 340 g/mol. The molecule has 1 aromatic heterocycles. The van der Waals surface area contributed by atoms with Crippen molar-refractivity contribution in [1.29, 1.82) is 0 Å². The van der Waals surface area contributed by atoms with Crippen molar-refractivity contribution in [2.24, 2.45) is 0 Å². The molecule has 0 aliphatic carbocycles. The van der Waals surface area contributed by atoms with E-state index in [0.717, 1.165) is 0 Å². The minimum absolute atomic E-state index is 0.0316. The number of nitrogens with one attached hydrogen (secondary N) is 1. The average molecular weight is 340 g/mol. The summed E-state index contributed by atoms with van der Waals surface area (Å²) < 4.78 is 24.8. The normalized spacial score (nSPS) is 12.0. The van der Waals surface area contributed by atoms with E-state index >= 15 is 0 Å². The Morgan fingerprint density at radius 1 is 1.17 bits per heavy atom. The second-order valence-corrected chi connectivity index (χ2v) is 6.47. The Kier molecular flexibility index (Phi) is 5.10. The predicted molar refractivity (Wildman–Crippen MR) is 82.8 cm³/mol. The summed E-state index contributed by atoms with van der Waals surface area (Å²) in [4.78, 5) is 43.2. The van der Waals surface area contributed by atoms with Gasteiger partial charge in [0, 0.05) is 12.7 Å². The zero-order valence-corrected chi connectivity index (χ0v) is 12.7.